The van der Waals surface area contributed by atoms with Gasteiger partial charge in [0, 0.05) is 25.1 Å². The summed E-state index contributed by atoms with van der Waals surface area (Å²) < 4.78 is 18.7. The Morgan fingerprint density at radius 1 is 1.48 bits per heavy atom. The van der Waals surface area contributed by atoms with Gasteiger partial charge in [-0.3, -0.25) is 0 Å². The van der Waals surface area contributed by atoms with E-state index in [1.165, 1.54) is 6.07 Å². The van der Waals surface area contributed by atoms with Crippen LogP contribution in [0.5, 0.6) is 0 Å². The SMILES string of the molecule is CC(C)(C)OC(=O)N1CCC[C@H](c2nc3ncc(F)cc3[nH]2)C1. The van der Waals surface area contributed by atoms with Gasteiger partial charge in [-0.15, -0.1) is 0 Å². The number of H-pyrrole nitrogens is 1. The minimum atomic E-state index is -0.509. The van der Waals surface area contributed by atoms with Crippen LogP contribution in [0.2, 0.25) is 0 Å². The Bertz CT molecular complexity index is 722. The van der Waals surface area contributed by atoms with Gasteiger partial charge >= 0.3 is 6.09 Å². The second-order valence-corrected chi connectivity index (χ2v) is 6.91. The Morgan fingerprint density at radius 3 is 3.00 bits per heavy atom. The van der Waals surface area contributed by atoms with Crippen molar-refractivity contribution in [3.63, 3.8) is 0 Å². The zero-order valence-electron chi connectivity index (χ0n) is 13.6. The lowest BCUT2D eigenvalue weighted by atomic mass is 9.98. The highest BCUT2D eigenvalue weighted by molar-refractivity contribution is 5.70. The molecular weight excluding hydrogens is 299 g/mol. The van der Waals surface area contributed by atoms with Gasteiger partial charge in [0.15, 0.2) is 5.65 Å². The number of amides is 1. The van der Waals surface area contributed by atoms with Crippen molar-refractivity contribution in [2.75, 3.05) is 13.1 Å². The lowest BCUT2D eigenvalue weighted by Crippen LogP contribution is -2.42. The van der Waals surface area contributed by atoms with Gasteiger partial charge in [-0.2, -0.15) is 0 Å². The number of nitrogens with zero attached hydrogens (tertiary/aromatic N) is 3. The van der Waals surface area contributed by atoms with Gasteiger partial charge in [0.2, 0.25) is 0 Å². The Kier molecular flexibility index (Phi) is 3.95. The summed E-state index contributed by atoms with van der Waals surface area (Å²) >= 11 is 0. The van der Waals surface area contributed by atoms with E-state index >= 15 is 0 Å². The number of pyridine rings is 1. The zero-order chi connectivity index (χ0) is 16.6. The molecule has 3 heterocycles. The minimum Gasteiger partial charge on any atom is -0.444 e. The summed E-state index contributed by atoms with van der Waals surface area (Å²) in [6.07, 6.45) is 2.65. The third kappa shape index (κ3) is 3.60. The topological polar surface area (TPSA) is 71.1 Å². The first-order valence-electron chi connectivity index (χ1n) is 7.81. The molecule has 1 aliphatic heterocycles. The molecular formula is C16H21FN4O2. The van der Waals surface area contributed by atoms with Gasteiger partial charge in [-0.1, -0.05) is 0 Å². The van der Waals surface area contributed by atoms with Crippen LogP contribution >= 0.6 is 0 Å². The number of aromatic nitrogens is 3. The third-order valence-corrected chi connectivity index (χ3v) is 3.78. The first kappa shape index (κ1) is 15.7. The normalized spacial score (nSPS) is 19.1. The van der Waals surface area contributed by atoms with E-state index in [0.717, 1.165) is 24.9 Å². The van der Waals surface area contributed by atoms with E-state index in [1.54, 1.807) is 4.90 Å². The molecule has 0 aliphatic carbocycles. The van der Waals surface area contributed by atoms with Crippen molar-refractivity contribution in [3.8, 4) is 0 Å². The van der Waals surface area contributed by atoms with E-state index in [4.69, 9.17) is 4.74 Å². The maximum absolute atomic E-state index is 13.2. The van der Waals surface area contributed by atoms with Crippen LogP contribution in [0.3, 0.4) is 0 Å². The molecule has 6 nitrogen and oxygen atoms in total. The number of hydrogen-bond acceptors (Lipinski definition) is 4. The molecule has 0 saturated carbocycles. The molecule has 124 valence electrons. The molecule has 1 atom stereocenters. The summed E-state index contributed by atoms with van der Waals surface area (Å²) in [7, 11) is 0. The van der Waals surface area contributed by atoms with Crippen LogP contribution in [0.1, 0.15) is 45.4 Å². The number of carbonyl (C=O) groups is 1. The van der Waals surface area contributed by atoms with Crippen molar-refractivity contribution < 1.29 is 13.9 Å². The number of hydrogen-bond donors (Lipinski definition) is 1. The van der Waals surface area contributed by atoms with Gasteiger partial charge in [0.1, 0.15) is 17.2 Å². The number of carbonyl (C=O) groups excluding carboxylic acids is 1. The summed E-state index contributed by atoms with van der Waals surface area (Å²) in [6.45, 7) is 6.78. The molecule has 7 heteroatoms. The number of rotatable bonds is 1. The van der Waals surface area contributed by atoms with E-state index in [0.29, 0.717) is 24.3 Å². The molecule has 1 saturated heterocycles. The predicted octanol–water partition coefficient (Wildman–Crippen LogP) is 3.21. The van der Waals surface area contributed by atoms with Crippen LogP contribution in [0, 0.1) is 5.82 Å². The molecule has 0 bridgehead atoms. The summed E-state index contributed by atoms with van der Waals surface area (Å²) in [6, 6.07) is 1.38. The Hall–Kier alpha value is -2.18. The van der Waals surface area contributed by atoms with Gasteiger partial charge < -0.3 is 14.6 Å². The van der Waals surface area contributed by atoms with Crippen molar-refractivity contribution in [1.82, 2.24) is 19.9 Å². The first-order valence-corrected chi connectivity index (χ1v) is 7.81. The van der Waals surface area contributed by atoms with Crippen molar-refractivity contribution in [2.24, 2.45) is 0 Å². The molecule has 2 aromatic heterocycles. The molecule has 0 spiro atoms. The van der Waals surface area contributed by atoms with Crippen LogP contribution in [0.4, 0.5) is 9.18 Å². The van der Waals surface area contributed by atoms with Crippen LogP contribution in [0.15, 0.2) is 12.3 Å². The molecule has 1 aliphatic rings. The number of piperidine rings is 1. The number of aromatic amines is 1. The van der Waals surface area contributed by atoms with Crippen molar-refractivity contribution in [2.45, 2.75) is 45.1 Å². The molecule has 0 aromatic carbocycles. The standard InChI is InChI=1S/C16H21FN4O2/c1-16(2,3)23-15(22)21-6-4-5-10(9-21)13-19-12-7-11(17)8-18-14(12)20-13/h7-8,10H,4-6,9H2,1-3H3,(H,18,19,20)/t10-/m0/s1. The Balaban J connectivity index is 1.75. The third-order valence-electron chi connectivity index (χ3n) is 3.78. The van der Waals surface area contributed by atoms with Gasteiger partial charge in [-0.25, -0.2) is 19.2 Å². The number of fused-ring (bicyclic) bond motifs is 1. The van der Waals surface area contributed by atoms with E-state index in [2.05, 4.69) is 15.0 Å². The highest BCUT2D eigenvalue weighted by Crippen LogP contribution is 2.27. The first-order chi connectivity index (χ1) is 10.8. The maximum atomic E-state index is 13.2. The molecule has 0 radical (unpaired) electrons. The second kappa shape index (κ2) is 5.79. The summed E-state index contributed by atoms with van der Waals surface area (Å²) in [5.41, 5.74) is 0.565. The van der Waals surface area contributed by atoms with Gasteiger partial charge in [0.05, 0.1) is 11.7 Å². The molecule has 1 N–H and O–H groups in total. The van der Waals surface area contributed by atoms with E-state index < -0.39 is 11.4 Å². The molecule has 23 heavy (non-hydrogen) atoms. The van der Waals surface area contributed by atoms with Gasteiger partial charge in [-0.05, 0) is 33.6 Å². The Morgan fingerprint density at radius 2 is 2.26 bits per heavy atom. The van der Waals surface area contributed by atoms with Crippen molar-refractivity contribution >= 4 is 17.3 Å². The fraction of sp³-hybridized carbons (Fsp3) is 0.562. The zero-order valence-corrected chi connectivity index (χ0v) is 13.6. The van der Waals surface area contributed by atoms with Crippen LogP contribution in [-0.2, 0) is 4.74 Å². The maximum Gasteiger partial charge on any atom is 0.410 e. The number of imidazole rings is 1. The number of nitrogens with one attached hydrogen (secondary N) is 1. The summed E-state index contributed by atoms with van der Waals surface area (Å²) in [5, 5.41) is 0. The van der Waals surface area contributed by atoms with E-state index in [-0.39, 0.29) is 12.0 Å². The lowest BCUT2D eigenvalue weighted by Gasteiger charge is -2.33. The largest absolute Gasteiger partial charge is 0.444 e. The van der Waals surface area contributed by atoms with Crippen LogP contribution in [0.25, 0.3) is 11.2 Å². The molecule has 1 fully saturated rings. The molecule has 1 amide bonds. The quantitative estimate of drug-likeness (QED) is 0.876. The molecule has 2 aromatic rings. The molecule has 0 unspecified atom stereocenters. The monoisotopic (exact) mass is 320 g/mol. The lowest BCUT2D eigenvalue weighted by molar-refractivity contribution is 0.0196. The summed E-state index contributed by atoms with van der Waals surface area (Å²) in [4.78, 5) is 25.5. The summed E-state index contributed by atoms with van der Waals surface area (Å²) in [5.74, 6) is 0.423. The fourth-order valence-electron chi connectivity index (χ4n) is 2.78. The highest BCUT2D eigenvalue weighted by atomic mass is 19.1. The number of likely N-dealkylation sites (tertiary alicyclic amines) is 1. The highest BCUT2D eigenvalue weighted by Gasteiger charge is 2.29. The molecule has 3 rings (SSSR count). The van der Waals surface area contributed by atoms with E-state index in [1.807, 2.05) is 20.8 Å². The minimum absolute atomic E-state index is 0.0773. The van der Waals surface area contributed by atoms with Crippen molar-refractivity contribution in [1.29, 1.82) is 0 Å². The second-order valence-electron chi connectivity index (χ2n) is 6.91. The fourth-order valence-corrected chi connectivity index (χ4v) is 2.78. The van der Waals surface area contributed by atoms with Crippen molar-refractivity contribution in [3.05, 3.63) is 23.9 Å². The number of ether oxygens (including phenoxy) is 1. The average molecular weight is 320 g/mol. The predicted molar refractivity (Wildman–Crippen MR) is 83.6 cm³/mol. The van der Waals surface area contributed by atoms with E-state index in [9.17, 15) is 9.18 Å². The van der Waals surface area contributed by atoms with Crippen LogP contribution < -0.4 is 0 Å². The van der Waals surface area contributed by atoms with Crippen LogP contribution in [-0.4, -0.2) is 44.6 Å². The Labute approximate surface area is 134 Å². The smallest absolute Gasteiger partial charge is 0.410 e. The average Bonchev–Trinajstić information content (AvgIpc) is 2.88. The number of halogens is 1. The van der Waals surface area contributed by atoms with Gasteiger partial charge in [0.25, 0.3) is 0 Å².